The van der Waals surface area contributed by atoms with Gasteiger partial charge in [0.1, 0.15) is 0 Å². The number of pyridine rings is 1. The molecule has 3 N–H and O–H groups in total. The normalized spacial score (nSPS) is 11.0. The number of benzene rings is 2. The van der Waals surface area contributed by atoms with Gasteiger partial charge in [0, 0.05) is 16.6 Å². The van der Waals surface area contributed by atoms with E-state index in [2.05, 4.69) is 25.8 Å². The Balaban J connectivity index is 1.38. The molecule has 6 nitrogen and oxygen atoms in total. The molecule has 2 heterocycles. The summed E-state index contributed by atoms with van der Waals surface area (Å²) in [7, 11) is 0. The van der Waals surface area contributed by atoms with E-state index in [0.717, 1.165) is 27.6 Å². The van der Waals surface area contributed by atoms with Crippen molar-refractivity contribution in [2.45, 2.75) is 5.16 Å². The molecule has 4 aromatic rings. The van der Waals surface area contributed by atoms with Crippen molar-refractivity contribution in [3.8, 4) is 0 Å². The third-order valence-electron chi connectivity index (χ3n) is 3.75. The maximum Gasteiger partial charge on any atom is 0.248 e. The summed E-state index contributed by atoms with van der Waals surface area (Å²) >= 11 is 7.33. The third kappa shape index (κ3) is 3.58. The zero-order valence-electron chi connectivity index (χ0n) is 13.5. The van der Waals surface area contributed by atoms with E-state index in [1.54, 1.807) is 24.4 Å². The number of imidazole rings is 1. The first-order valence-electron chi connectivity index (χ1n) is 7.86. The Bertz CT molecular complexity index is 1060. The molecule has 0 saturated heterocycles. The van der Waals surface area contributed by atoms with Crippen molar-refractivity contribution in [1.29, 1.82) is 0 Å². The van der Waals surface area contributed by atoms with Crippen LogP contribution in [0.3, 0.4) is 0 Å². The lowest BCUT2D eigenvalue weighted by Crippen LogP contribution is -2.31. The molecule has 130 valence electrons. The van der Waals surface area contributed by atoms with Gasteiger partial charge in [-0.05, 0) is 36.4 Å². The van der Waals surface area contributed by atoms with Crippen LogP contribution in [0.15, 0.2) is 59.9 Å². The first-order valence-corrected chi connectivity index (χ1v) is 9.22. The van der Waals surface area contributed by atoms with Gasteiger partial charge in [0.2, 0.25) is 5.91 Å². The summed E-state index contributed by atoms with van der Waals surface area (Å²) < 4.78 is 0. The lowest BCUT2D eigenvalue weighted by Gasteiger charge is -2.10. The molecule has 2 aromatic heterocycles. The number of halogens is 1. The Labute approximate surface area is 158 Å². The quantitative estimate of drug-likeness (QED) is 0.358. The van der Waals surface area contributed by atoms with Crippen LogP contribution in [0.4, 0.5) is 5.69 Å². The van der Waals surface area contributed by atoms with Gasteiger partial charge < -0.3 is 4.98 Å². The van der Waals surface area contributed by atoms with Crippen molar-refractivity contribution in [1.82, 2.24) is 20.4 Å². The van der Waals surface area contributed by atoms with Gasteiger partial charge in [-0.1, -0.05) is 35.5 Å². The number of aromatic nitrogens is 3. The smallest absolute Gasteiger partial charge is 0.248 e. The molecule has 4 rings (SSSR count). The SMILES string of the molecule is O=C(CSc1nc2ccccc2[nH]1)NNc1ccnc2cc(Cl)ccc12. The summed E-state index contributed by atoms with van der Waals surface area (Å²) in [6.07, 6.45) is 1.66. The van der Waals surface area contributed by atoms with E-state index in [0.29, 0.717) is 10.2 Å². The van der Waals surface area contributed by atoms with E-state index in [4.69, 9.17) is 11.6 Å². The Morgan fingerprint density at radius 1 is 1.15 bits per heavy atom. The topological polar surface area (TPSA) is 82.7 Å². The standard InChI is InChI=1S/C18H14ClN5OS/c19-11-5-6-12-13(7-8-20-16(12)9-11)23-24-17(25)10-26-18-21-14-3-1-2-4-15(14)22-18/h1-9H,10H2,(H,20,23)(H,21,22)(H,24,25). The molecular weight excluding hydrogens is 370 g/mol. The van der Waals surface area contributed by atoms with Crippen LogP contribution in [-0.2, 0) is 4.79 Å². The first-order chi connectivity index (χ1) is 12.7. The van der Waals surface area contributed by atoms with Gasteiger partial charge in [-0.25, -0.2) is 4.98 Å². The first kappa shape index (κ1) is 16.7. The minimum atomic E-state index is -0.158. The molecule has 0 spiro atoms. The number of nitrogens with zero attached hydrogens (tertiary/aromatic N) is 2. The lowest BCUT2D eigenvalue weighted by molar-refractivity contribution is -0.118. The molecule has 0 bridgehead atoms. The second-order valence-corrected chi connectivity index (χ2v) is 6.94. The fourth-order valence-corrected chi connectivity index (χ4v) is 3.39. The van der Waals surface area contributed by atoms with Crippen molar-refractivity contribution in [2.75, 3.05) is 11.2 Å². The molecule has 0 aliphatic carbocycles. The number of anilines is 1. The summed E-state index contributed by atoms with van der Waals surface area (Å²) in [5, 5.41) is 2.21. The molecule has 1 amide bonds. The van der Waals surface area contributed by atoms with Crippen LogP contribution >= 0.6 is 23.4 Å². The Morgan fingerprint density at radius 3 is 2.92 bits per heavy atom. The minimum Gasteiger partial charge on any atom is -0.333 e. The predicted molar refractivity (Wildman–Crippen MR) is 105 cm³/mol. The highest BCUT2D eigenvalue weighted by Gasteiger charge is 2.08. The number of nitrogens with one attached hydrogen (secondary N) is 3. The predicted octanol–water partition coefficient (Wildman–Crippen LogP) is 4.00. The Morgan fingerprint density at radius 2 is 2.04 bits per heavy atom. The fourth-order valence-electron chi connectivity index (χ4n) is 2.54. The van der Waals surface area contributed by atoms with E-state index < -0.39 is 0 Å². The zero-order valence-corrected chi connectivity index (χ0v) is 15.1. The van der Waals surface area contributed by atoms with Gasteiger partial charge in [-0.2, -0.15) is 0 Å². The summed E-state index contributed by atoms with van der Waals surface area (Å²) in [6, 6.07) is 15.0. The second kappa shape index (κ2) is 7.23. The highest BCUT2D eigenvalue weighted by atomic mass is 35.5. The number of amides is 1. The number of hydrazine groups is 1. The largest absolute Gasteiger partial charge is 0.333 e. The Hall–Kier alpha value is -2.77. The minimum absolute atomic E-state index is 0.158. The van der Waals surface area contributed by atoms with Gasteiger partial charge >= 0.3 is 0 Å². The average molecular weight is 384 g/mol. The van der Waals surface area contributed by atoms with Gasteiger partial charge in [-0.3, -0.25) is 20.6 Å². The molecule has 0 saturated carbocycles. The maximum absolute atomic E-state index is 12.1. The van der Waals surface area contributed by atoms with Crippen LogP contribution in [0.5, 0.6) is 0 Å². The number of carbonyl (C=O) groups excluding carboxylic acids is 1. The van der Waals surface area contributed by atoms with Crippen molar-refractivity contribution in [3.05, 3.63) is 59.8 Å². The van der Waals surface area contributed by atoms with Crippen molar-refractivity contribution in [3.63, 3.8) is 0 Å². The highest BCUT2D eigenvalue weighted by molar-refractivity contribution is 7.99. The van der Waals surface area contributed by atoms with Crippen molar-refractivity contribution in [2.24, 2.45) is 0 Å². The van der Waals surface area contributed by atoms with Crippen LogP contribution in [0.2, 0.25) is 5.02 Å². The van der Waals surface area contributed by atoms with Crippen LogP contribution < -0.4 is 10.9 Å². The zero-order chi connectivity index (χ0) is 17.9. The van der Waals surface area contributed by atoms with Gasteiger partial charge in [0.25, 0.3) is 0 Å². The van der Waals surface area contributed by atoms with Crippen LogP contribution in [0.25, 0.3) is 21.9 Å². The number of para-hydroxylation sites is 2. The molecule has 0 radical (unpaired) electrons. The fraction of sp³-hybridized carbons (Fsp3) is 0.0556. The summed E-state index contributed by atoms with van der Waals surface area (Å²) in [6.45, 7) is 0. The Kier molecular flexibility index (Phi) is 4.64. The number of hydrogen-bond acceptors (Lipinski definition) is 5. The molecule has 0 fully saturated rings. The van der Waals surface area contributed by atoms with Crippen molar-refractivity contribution < 1.29 is 4.79 Å². The average Bonchev–Trinajstić information content (AvgIpc) is 3.07. The van der Waals surface area contributed by atoms with E-state index in [9.17, 15) is 4.79 Å². The number of H-pyrrole nitrogens is 1. The van der Waals surface area contributed by atoms with Crippen LogP contribution in [0, 0.1) is 0 Å². The molecule has 8 heteroatoms. The highest BCUT2D eigenvalue weighted by Crippen LogP contribution is 2.24. The second-order valence-electron chi connectivity index (χ2n) is 5.54. The number of carbonyl (C=O) groups is 1. The van der Waals surface area contributed by atoms with E-state index in [1.807, 2.05) is 30.3 Å². The molecule has 0 atom stereocenters. The maximum atomic E-state index is 12.1. The van der Waals surface area contributed by atoms with Gasteiger partial charge in [-0.15, -0.1) is 0 Å². The molecule has 0 aliphatic heterocycles. The lowest BCUT2D eigenvalue weighted by atomic mass is 10.2. The van der Waals surface area contributed by atoms with Gasteiger partial charge in [0.15, 0.2) is 5.16 Å². The molecule has 2 aromatic carbocycles. The summed E-state index contributed by atoms with van der Waals surface area (Å²) in [4.78, 5) is 24.0. The number of fused-ring (bicyclic) bond motifs is 2. The molecule has 0 aliphatic rings. The summed E-state index contributed by atoms with van der Waals surface area (Å²) in [5.74, 6) is 0.0798. The number of hydrogen-bond donors (Lipinski definition) is 3. The third-order valence-corrected chi connectivity index (χ3v) is 4.86. The van der Waals surface area contributed by atoms with Crippen molar-refractivity contribution >= 4 is 56.9 Å². The number of rotatable bonds is 5. The number of thioether (sulfide) groups is 1. The summed E-state index contributed by atoms with van der Waals surface area (Å²) in [5.41, 5.74) is 9.00. The molecular formula is C18H14ClN5OS. The van der Waals surface area contributed by atoms with E-state index >= 15 is 0 Å². The van der Waals surface area contributed by atoms with Crippen LogP contribution in [0.1, 0.15) is 0 Å². The van der Waals surface area contributed by atoms with Crippen LogP contribution in [-0.4, -0.2) is 26.6 Å². The van der Waals surface area contributed by atoms with E-state index in [-0.39, 0.29) is 11.7 Å². The number of aromatic amines is 1. The molecule has 0 unspecified atom stereocenters. The van der Waals surface area contributed by atoms with Gasteiger partial charge in [0.05, 0.1) is 28.0 Å². The van der Waals surface area contributed by atoms with E-state index in [1.165, 1.54) is 11.8 Å². The monoisotopic (exact) mass is 383 g/mol. The molecule has 26 heavy (non-hydrogen) atoms.